The van der Waals surface area contributed by atoms with Crippen LogP contribution in [0.15, 0.2) is 0 Å². The fraction of sp³-hybridized carbons (Fsp3) is 0.938. The van der Waals surface area contributed by atoms with Crippen molar-refractivity contribution in [3.05, 3.63) is 0 Å². The maximum atomic E-state index is 11.5. The van der Waals surface area contributed by atoms with Crippen molar-refractivity contribution in [2.45, 2.75) is 45.1 Å². The molecule has 0 aliphatic carbocycles. The Hall–Kier alpha value is -0.450. The fourth-order valence-electron chi connectivity index (χ4n) is 3.44. The average Bonchev–Trinajstić information content (AvgIpc) is 2.63. The summed E-state index contributed by atoms with van der Waals surface area (Å²) >= 11 is 0. The summed E-state index contributed by atoms with van der Waals surface area (Å²) in [5.74, 6) is 0.349. The Kier molecular flexibility index (Phi) is 6.46. The largest absolute Gasteiger partial charge is 0.304 e. The smallest absolute Gasteiger partial charge is 0.131 e. The van der Waals surface area contributed by atoms with Crippen LogP contribution in [-0.4, -0.2) is 79.4 Å². The van der Waals surface area contributed by atoms with E-state index in [4.69, 9.17) is 0 Å². The lowest BCUT2D eigenvalue weighted by molar-refractivity contribution is -0.118. The molecule has 2 aliphatic heterocycles. The highest BCUT2D eigenvalue weighted by atomic mass is 16.1. The predicted molar refractivity (Wildman–Crippen MR) is 83.1 cm³/mol. The van der Waals surface area contributed by atoms with Gasteiger partial charge in [-0.1, -0.05) is 12.8 Å². The summed E-state index contributed by atoms with van der Waals surface area (Å²) in [5, 5.41) is 0. The average molecular weight is 281 g/mol. The number of rotatable bonds is 5. The van der Waals surface area contributed by atoms with E-state index in [2.05, 4.69) is 21.7 Å². The lowest BCUT2D eigenvalue weighted by atomic mass is 10.0. The van der Waals surface area contributed by atoms with Gasteiger partial charge < -0.3 is 4.90 Å². The van der Waals surface area contributed by atoms with Crippen LogP contribution in [-0.2, 0) is 4.79 Å². The van der Waals surface area contributed by atoms with Gasteiger partial charge in [0.05, 0.1) is 0 Å². The van der Waals surface area contributed by atoms with Crippen LogP contribution in [0.1, 0.15) is 39.0 Å². The molecular formula is C16H31N3O. The van der Waals surface area contributed by atoms with Gasteiger partial charge in [0.2, 0.25) is 0 Å². The van der Waals surface area contributed by atoms with Gasteiger partial charge in [-0.2, -0.15) is 0 Å². The third kappa shape index (κ3) is 5.15. The van der Waals surface area contributed by atoms with Crippen molar-refractivity contribution in [2.75, 3.05) is 52.9 Å². The molecule has 4 heteroatoms. The van der Waals surface area contributed by atoms with E-state index in [-0.39, 0.29) is 0 Å². The van der Waals surface area contributed by atoms with E-state index in [0.29, 0.717) is 11.8 Å². The number of likely N-dealkylation sites (N-methyl/N-ethyl adjacent to an activating group) is 1. The maximum Gasteiger partial charge on any atom is 0.131 e. The van der Waals surface area contributed by atoms with Crippen molar-refractivity contribution >= 4 is 5.78 Å². The lowest BCUT2D eigenvalue weighted by Crippen LogP contribution is -2.48. The number of hydrogen-bond donors (Lipinski definition) is 0. The van der Waals surface area contributed by atoms with Crippen LogP contribution in [0.3, 0.4) is 0 Å². The summed E-state index contributed by atoms with van der Waals surface area (Å²) < 4.78 is 0. The van der Waals surface area contributed by atoms with Crippen LogP contribution in [0.25, 0.3) is 0 Å². The number of nitrogens with zero attached hydrogens (tertiary/aromatic N) is 3. The van der Waals surface area contributed by atoms with Gasteiger partial charge in [0.1, 0.15) is 5.78 Å². The summed E-state index contributed by atoms with van der Waals surface area (Å²) in [7, 11) is 2.20. The van der Waals surface area contributed by atoms with Crippen LogP contribution < -0.4 is 0 Å². The number of likely N-dealkylation sites (tertiary alicyclic amines) is 1. The zero-order valence-electron chi connectivity index (χ0n) is 13.3. The number of hydrogen-bond acceptors (Lipinski definition) is 4. The first kappa shape index (κ1) is 15.9. The molecule has 1 atom stereocenters. The Labute approximate surface area is 124 Å². The van der Waals surface area contributed by atoms with Crippen molar-refractivity contribution in [2.24, 2.45) is 0 Å². The molecule has 0 bridgehead atoms. The topological polar surface area (TPSA) is 26.8 Å². The quantitative estimate of drug-likeness (QED) is 0.762. The second-order valence-corrected chi connectivity index (χ2v) is 6.59. The zero-order valence-corrected chi connectivity index (χ0v) is 13.3. The Morgan fingerprint density at radius 2 is 1.75 bits per heavy atom. The van der Waals surface area contributed by atoms with Crippen molar-refractivity contribution in [3.63, 3.8) is 0 Å². The van der Waals surface area contributed by atoms with Gasteiger partial charge in [-0.15, -0.1) is 0 Å². The fourth-order valence-corrected chi connectivity index (χ4v) is 3.44. The molecule has 2 fully saturated rings. The summed E-state index contributed by atoms with van der Waals surface area (Å²) in [5.41, 5.74) is 0. The Balaban J connectivity index is 1.79. The second-order valence-electron chi connectivity index (χ2n) is 6.59. The van der Waals surface area contributed by atoms with Crippen LogP contribution in [0.5, 0.6) is 0 Å². The van der Waals surface area contributed by atoms with Crippen LogP contribution in [0, 0.1) is 0 Å². The maximum absolute atomic E-state index is 11.5. The predicted octanol–water partition coefficient (Wildman–Crippen LogP) is 1.46. The van der Waals surface area contributed by atoms with Gasteiger partial charge in [-0.05, 0) is 33.4 Å². The molecule has 2 saturated heterocycles. The summed E-state index contributed by atoms with van der Waals surface area (Å²) in [6.07, 6.45) is 5.89. The molecule has 0 aromatic heterocycles. The molecule has 0 aromatic rings. The Morgan fingerprint density at radius 3 is 2.45 bits per heavy atom. The van der Waals surface area contributed by atoms with E-state index in [1.807, 2.05) is 0 Å². The number of piperazine rings is 1. The SMILES string of the molecule is CC(=O)CC1CCCCCN1CCN1CCN(C)CC1. The number of carbonyl (C=O) groups excluding carboxylic acids is 1. The Morgan fingerprint density at radius 1 is 1.00 bits per heavy atom. The van der Waals surface area contributed by atoms with Crippen LogP contribution in [0.2, 0.25) is 0 Å². The minimum absolute atomic E-state index is 0.349. The molecule has 116 valence electrons. The first-order valence-electron chi connectivity index (χ1n) is 8.29. The van der Waals surface area contributed by atoms with Gasteiger partial charge in [-0.25, -0.2) is 0 Å². The van der Waals surface area contributed by atoms with Crippen molar-refractivity contribution < 1.29 is 4.79 Å². The highest BCUT2D eigenvalue weighted by Gasteiger charge is 2.23. The van der Waals surface area contributed by atoms with Gasteiger partial charge in [-0.3, -0.25) is 14.6 Å². The third-order valence-corrected chi connectivity index (χ3v) is 4.82. The highest BCUT2D eigenvalue weighted by molar-refractivity contribution is 5.76. The number of Topliss-reactive ketones (excluding diaryl/α,β-unsaturated/α-hetero) is 1. The minimum atomic E-state index is 0.349. The lowest BCUT2D eigenvalue weighted by Gasteiger charge is -2.35. The van der Waals surface area contributed by atoms with Gasteiger partial charge in [0.25, 0.3) is 0 Å². The summed E-state index contributed by atoms with van der Waals surface area (Å²) in [6.45, 7) is 10.0. The van der Waals surface area contributed by atoms with Crippen molar-refractivity contribution in [1.29, 1.82) is 0 Å². The molecule has 2 rings (SSSR count). The number of carbonyl (C=O) groups is 1. The van der Waals surface area contributed by atoms with E-state index in [1.165, 1.54) is 65.0 Å². The minimum Gasteiger partial charge on any atom is -0.304 e. The van der Waals surface area contributed by atoms with Gasteiger partial charge in [0, 0.05) is 51.7 Å². The van der Waals surface area contributed by atoms with Crippen molar-refractivity contribution in [3.8, 4) is 0 Å². The van der Waals surface area contributed by atoms with Crippen LogP contribution >= 0.6 is 0 Å². The molecule has 2 aliphatic rings. The van der Waals surface area contributed by atoms with Crippen molar-refractivity contribution in [1.82, 2.24) is 14.7 Å². The molecule has 0 radical (unpaired) electrons. The molecule has 20 heavy (non-hydrogen) atoms. The van der Waals surface area contributed by atoms with Gasteiger partial charge in [0.15, 0.2) is 0 Å². The summed E-state index contributed by atoms with van der Waals surface area (Å²) in [6, 6.07) is 0.502. The molecule has 0 N–H and O–H groups in total. The van der Waals surface area contributed by atoms with E-state index in [0.717, 1.165) is 13.0 Å². The highest BCUT2D eigenvalue weighted by Crippen LogP contribution is 2.19. The van der Waals surface area contributed by atoms with E-state index < -0.39 is 0 Å². The molecule has 0 aromatic carbocycles. The zero-order chi connectivity index (χ0) is 14.4. The molecule has 0 saturated carbocycles. The molecule has 1 unspecified atom stereocenters. The molecule has 0 amide bonds. The van der Waals surface area contributed by atoms with Crippen LogP contribution in [0.4, 0.5) is 0 Å². The Bertz CT molecular complexity index is 300. The summed E-state index contributed by atoms with van der Waals surface area (Å²) in [4.78, 5) is 19.0. The first-order chi connectivity index (χ1) is 9.65. The molecule has 4 nitrogen and oxygen atoms in total. The molecular weight excluding hydrogens is 250 g/mol. The third-order valence-electron chi connectivity index (χ3n) is 4.82. The molecule has 0 spiro atoms. The monoisotopic (exact) mass is 281 g/mol. The standard InChI is InChI=1S/C16H31N3O/c1-15(20)14-16-6-4-3-5-7-19(16)13-12-18-10-8-17(2)9-11-18/h16H,3-14H2,1-2H3. The normalized spacial score (nSPS) is 27.4. The van der Waals surface area contributed by atoms with Gasteiger partial charge >= 0.3 is 0 Å². The van der Waals surface area contributed by atoms with E-state index in [1.54, 1.807) is 6.92 Å². The number of ketones is 1. The first-order valence-corrected chi connectivity index (χ1v) is 8.29. The van der Waals surface area contributed by atoms with E-state index >= 15 is 0 Å². The second kappa shape index (κ2) is 8.11. The van der Waals surface area contributed by atoms with E-state index in [9.17, 15) is 4.79 Å². The molecule has 2 heterocycles.